The number of aromatic nitrogens is 1. The van der Waals surface area contributed by atoms with Crippen molar-refractivity contribution >= 4 is 6.08 Å². The minimum absolute atomic E-state index is 0. The van der Waals surface area contributed by atoms with Gasteiger partial charge in [0, 0.05) is 0 Å². The Morgan fingerprint density at radius 2 is 1.77 bits per heavy atom. The van der Waals surface area contributed by atoms with Gasteiger partial charge >= 0.3 is 128 Å². The zero-order valence-electron chi connectivity index (χ0n) is 11.9. The minimum atomic E-state index is -0.297. The average Bonchev–Trinajstić information content (AvgIpc) is 3.20. The Morgan fingerprint density at radius 3 is 2.50 bits per heavy atom. The maximum atomic E-state index is 2.41. The molecule has 0 radical (unpaired) electrons. The van der Waals surface area contributed by atoms with E-state index in [1.165, 1.54) is 11.1 Å². The first-order chi connectivity index (χ1) is 9.88. The predicted molar refractivity (Wildman–Crippen MR) is 78.8 cm³/mol. The Balaban J connectivity index is 0.000000882. The molecule has 1 unspecified atom stereocenters. The largest absolute Gasteiger partial charge is 1.00 e. The molecule has 1 aromatic carbocycles. The fourth-order valence-corrected chi connectivity index (χ4v) is 5.69. The zero-order chi connectivity index (χ0) is 13.4. The van der Waals surface area contributed by atoms with Gasteiger partial charge in [-0.2, -0.15) is 0 Å². The van der Waals surface area contributed by atoms with Crippen molar-refractivity contribution in [2.45, 2.75) is 10.3 Å². The second kappa shape index (κ2) is 7.06. The molecule has 22 heavy (non-hydrogen) atoms. The molecular weight excluding hydrogens is 349 g/mol. The Morgan fingerprint density at radius 1 is 1.00 bits per heavy atom. The van der Waals surface area contributed by atoms with Crippen molar-refractivity contribution in [3.63, 3.8) is 0 Å². The van der Waals surface area contributed by atoms with Crippen LogP contribution in [0.4, 0.5) is 0 Å². The van der Waals surface area contributed by atoms with Gasteiger partial charge in [-0.05, 0) is 0 Å². The summed E-state index contributed by atoms with van der Waals surface area (Å²) in [6.07, 6.45) is 17.1. The summed E-state index contributed by atoms with van der Waals surface area (Å²) < 4.78 is 4.09. The SMILES string of the molecule is C1=CC[C]([Ti+2][C]2(n3cccc3)C=Cc3ccccc32)=C1.[Cl-].[Cl-]. The van der Waals surface area contributed by atoms with Crippen LogP contribution in [0.3, 0.4) is 0 Å². The average molecular weight is 364 g/mol. The van der Waals surface area contributed by atoms with Gasteiger partial charge in [-0.25, -0.2) is 0 Å². The van der Waals surface area contributed by atoms with Crippen LogP contribution in [0.1, 0.15) is 17.5 Å². The number of fused-ring (bicyclic) bond motifs is 1. The number of benzene rings is 1. The molecule has 1 aromatic heterocycles. The standard InChI is InChI=1S/C13H10N.C5H5.2ClH.Ti/c1-2-6-12-11(5-1)7-8-13(12)14-9-3-4-10-14;1-2-4-5-3-1;;;/h1-10H;1-3H,4H2;2*1H;/q;;;;+2/p-2. The quantitative estimate of drug-likeness (QED) is 0.564. The summed E-state index contributed by atoms with van der Waals surface area (Å²) in [6.45, 7) is 0. The first-order valence-electron chi connectivity index (χ1n) is 6.95. The van der Waals surface area contributed by atoms with Crippen molar-refractivity contribution in [1.82, 2.24) is 4.57 Å². The maximum Gasteiger partial charge on any atom is -1.00 e. The van der Waals surface area contributed by atoms with Gasteiger partial charge in [-0.1, -0.05) is 0 Å². The Hall–Kier alpha value is -0.986. The molecule has 0 spiro atoms. The first kappa shape index (κ1) is 17.4. The second-order valence-electron chi connectivity index (χ2n) is 5.23. The third-order valence-electron chi connectivity index (χ3n) is 4.01. The van der Waals surface area contributed by atoms with Gasteiger partial charge in [0.15, 0.2) is 0 Å². The molecule has 0 saturated heterocycles. The van der Waals surface area contributed by atoms with Crippen LogP contribution in [-0.2, 0) is 23.0 Å². The third-order valence-corrected chi connectivity index (χ3v) is 6.77. The van der Waals surface area contributed by atoms with Gasteiger partial charge in [-0.3, -0.25) is 0 Å². The summed E-state index contributed by atoms with van der Waals surface area (Å²) in [4.78, 5) is 0. The number of allylic oxidation sites excluding steroid dienone is 5. The van der Waals surface area contributed by atoms with Crippen molar-refractivity contribution < 1.29 is 44.0 Å². The van der Waals surface area contributed by atoms with Crippen molar-refractivity contribution in [2.75, 3.05) is 0 Å². The fourth-order valence-electron chi connectivity index (χ4n) is 3.04. The van der Waals surface area contributed by atoms with Crippen molar-refractivity contribution in [3.05, 3.63) is 88.1 Å². The van der Waals surface area contributed by atoms with E-state index in [4.69, 9.17) is 0 Å². The van der Waals surface area contributed by atoms with Crippen LogP contribution in [0.25, 0.3) is 6.08 Å². The van der Waals surface area contributed by atoms with Crippen LogP contribution in [0, 0.1) is 0 Å². The molecule has 1 atom stereocenters. The second-order valence-corrected chi connectivity index (χ2v) is 7.81. The molecule has 4 heteroatoms. The molecule has 2 aromatic rings. The molecule has 2 aliphatic rings. The Bertz CT molecular complexity index is 731. The Kier molecular flexibility index (Phi) is 5.57. The molecule has 0 N–H and O–H groups in total. The van der Waals surface area contributed by atoms with E-state index in [0.717, 1.165) is 6.42 Å². The molecular formula is C18H15Cl2NTi. The van der Waals surface area contributed by atoms with Crippen molar-refractivity contribution in [1.29, 1.82) is 0 Å². The number of nitrogens with zero attached hydrogens (tertiary/aromatic N) is 1. The number of hydrogen-bond acceptors (Lipinski definition) is 0. The van der Waals surface area contributed by atoms with Crippen molar-refractivity contribution in [2.24, 2.45) is 0 Å². The van der Waals surface area contributed by atoms with Crippen LogP contribution < -0.4 is 24.8 Å². The van der Waals surface area contributed by atoms with E-state index in [1.807, 2.05) is 0 Å². The van der Waals surface area contributed by atoms with Crippen molar-refractivity contribution in [3.8, 4) is 0 Å². The normalized spacial score (nSPS) is 20.6. The van der Waals surface area contributed by atoms with Crippen LogP contribution >= 0.6 is 0 Å². The van der Waals surface area contributed by atoms with E-state index in [-0.39, 0.29) is 47.8 Å². The van der Waals surface area contributed by atoms with Gasteiger partial charge in [0.25, 0.3) is 0 Å². The van der Waals surface area contributed by atoms with Crippen LogP contribution in [0.5, 0.6) is 0 Å². The molecule has 0 aliphatic heterocycles. The molecule has 2 aliphatic carbocycles. The molecule has 0 amide bonds. The molecule has 4 rings (SSSR count). The molecule has 110 valence electrons. The monoisotopic (exact) mass is 363 g/mol. The summed E-state index contributed by atoms with van der Waals surface area (Å²) in [5.74, 6) is 0. The van der Waals surface area contributed by atoms with E-state index >= 15 is 0 Å². The van der Waals surface area contributed by atoms with Gasteiger partial charge in [0.2, 0.25) is 0 Å². The molecule has 0 saturated carbocycles. The van der Waals surface area contributed by atoms with E-state index in [9.17, 15) is 0 Å². The Labute approximate surface area is 152 Å². The van der Waals surface area contributed by atoms with Gasteiger partial charge in [0.05, 0.1) is 0 Å². The van der Waals surface area contributed by atoms with Gasteiger partial charge < -0.3 is 24.8 Å². The summed E-state index contributed by atoms with van der Waals surface area (Å²) in [5.41, 5.74) is 2.83. The third kappa shape index (κ3) is 2.79. The maximum absolute atomic E-state index is 2.41. The minimum Gasteiger partial charge on any atom is -1.00 e. The van der Waals surface area contributed by atoms with Gasteiger partial charge in [0.1, 0.15) is 0 Å². The smallest absolute Gasteiger partial charge is 1.00 e. The van der Waals surface area contributed by atoms with Crippen LogP contribution in [0.15, 0.2) is 77.0 Å². The molecule has 1 nitrogen and oxygen atoms in total. The first-order valence-corrected chi connectivity index (χ1v) is 8.51. The summed E-state index contributed by atoms with van der Waals surface area (Å²) in [5, 5.41) is 0. The fraction of sp³-hybridized carbons (Fsp3) is 0.111. The van der Waals surface area contributed by atoms with Gasteiger partial charge in [-0.15, -0.1) is 0 Å². The van der Waals surface area contributed by atoms with Crippen LogP contribution in [0.2, 0.25) is 0 Å². The van der Waals surface area contributed by atoms with E-state index in [0.29, 0.717) is 0 Å². The van der Waals surface area contributed by atoms with E-state index < -0.39 is 0 Å². The zero-order valence-corrected chi connectivity index (χ0v) is 15.0. The summed E-state index contributed by atoms with van der Waals surface area (Å²) in [7, 11) is 0. The number of hydrogen-bond donors (Lipinski definition) is 0. The predicted octanol–water partition coefficient (Wildman–Crippen LogP) is -1.85. The topological polar surface area (TPSA) is 4.93 Å². The number of rotatable bonds is 3. The number of halogens is 2. The molecule has 0 fully saturated rings. The summed E-state index contributed by atoms with van der Waals surface area (Å²) in [6, 6.07) is 13.1. The molecule has 0 bridgehead atoms. The van der Waals surface area contributed by atoms with Crippen LogP contribution in [-0.4, -0.2) is 4.57 Å². The summed E-state index contributed by atoms with van der Waals surface area (Å²) >= 11 is -0.297. The molecule has 1 heterocycles. The van der Waals surface area contributed by atoms with E-state index in [2.05, 4.69) is 83.7 Å². The van der Waals surface area contributed by atoms with E-state index in [1.54, 1.807) is 3.88 Å².